The normalized spacial score (nSPS) is 24.4. The topological polar surface area (TPSA) is 47.9 Å². The Morgan fingerprint density at radius 2 is 2.25 bits per heavy atom. The van der Waals surface area contributed by atoms with E-state index in [0.29, 0.717) is 0 Å². The number of benzene rings is 1. The predicted molar refractivity (Wildman–Crippen MR) is 52.0 cm³/mol. The first-order valence-corrected chi connectivity index (χ1v) is 4.72. The van der Waals surface area contributed by atoms with Gasteiger partial charge in [-0.1, -0.05) is 0 Å². The van der Waals surface area contributed by atoms with E-state index >= 15 is 0 Å². The molecule has 0 radical (unpaired) electrons. The van der Waals surface area contributed by atoms with Gasteiger partial charge in [0.1, 0.15) is 11.5 Å². The molecule has 1 aromatic rings. The summed E-state index contributed by atoms with van der Waals surface area (Å²) < 4.78 is 36.1. The van der Waals surface area contributed by atoms with Crippen molar-refractivity contribution in [3.8, 4) is 5.75 Å². The molecule has 6 heteroatoms. The van der Waals surface area contributed by atoms with Gasteiger partial charge in [-0.2, -0.15) is 0 Å². The number of hydrogen-bond acceptors (Lipinski definition) is 4. The van der Waals surface area contributed by atoms with Crippen LogP contribution in [0.3, 0.4) is 0 Å². The van der Waals surface area contributed by atoms with Gasteiger partial charge in [0.2, 0.25) is 0 Å². The molecule has 1 aliphatic rings. The van der Waals surface area contributed by atoms with Crippen LogP contribution >= 0.6 is 0 Å². The van der Waals surface area contributed by atoms with Gasteiger partial charge in [-0.15, -0.1) is 4.91 Å². The number of nitroso groups, excluding NO2 is 1. The highest BCUT2D eigenvalue weighted by atomic mass is 19.1. The quantitative estimate of drug-likeness (QED) is 0.747. The smallest absolute Gasteiger partial charge is 0.162 e. The Bertz CT molecular complexity index is 400. The summed E-state index contributed by atoms with van der Waals surface area (Å²) in [4.78, 5) is 10.4. The van der Waals surface area contributed by atoms with Gasteiger partial charge in [0.25, 0.3) is 0 Å². The molecule has 1 aliphatic heterocycles. The standard InChI is InChI=1S/C10H9F2NO3/c11-6-1-2-8(13-14)9(3-6)16-10-5-15-4-7(10)12/h1-3,7,10H,4-5H2/t7-,10-/m1/s1. The Labute approximate surface area is 90.1 Å². The second-order valence-corrected chi connectivity index (χ2v) is 3.41. The third kappa shape index (κ3) is 2.16. The maximum absolute atomic E-state index is 13.2. The Balaban J connectivity index is 2.19. The van der Waals surface area contributed by atoms with Crippen molar-refractivity contribution in [3.05, 3.63) is 28.9 Å². The minimum absolute atomic E-state index is 0.0518. The average molecular weight is 229 g/mol. The molecule has 0 bridgehead atoms. The number of hydrogen-bond donors (Lipinski definition) is 0. The van der Waals surface area contributed by atoms with Crippen LogP contribution in [-0.2, 0) is 4.74 Å². The molecule has 1 heterocycles. The van der Waals surface area contributed by atoms with Crippen LogP contribution in [0.15, 0.2) is 23.4 Å². The molecule has 2 rings (SSSR count). The first-order chi connectivity index (χ1) is 7.70. The second kappa shape index (κ2) is 4.52. The van der Waals surface area contributed by atoms with Crippen molar-refractivity contribution in [2.24, 2.45) is 5.18 Å². The maximum Gasteiger partial charge on any atom is 0.162 e. The first kappa shape index (κ1) is 10.9. The van der Waals surface area contributed by atoms with Crippen molar-refractivity contribution in [1.29, 1.82) is 0 Å². The minimum atomic E-state index is -1.28. The van der Waals surface area contributed by atoms with Crippen LogP contribution < -0.4 is 4.74 Å². The monoisotopic (exact) mass is 229 g/mol. The SMILES string of the molecule is O=Nc1ccc(F)cc1O[C@@H]1COC[C@H]1F. The molecule has 1 saturated heterocycles. The lowest BCUT2D eigenvalue weighted by Gasteiger charge is -2.14. The molecular formula is C10H9F2NO3. The third-order valence-electron chi connectivity index (χ3n) is 2.26. The van der Waals surface area contributed by atoms with E-state index in [2.05, 4.69) is 5.18 Å². The van der Waals surface area contributed by atoms with E-state index in [0.717, 1.165) is 12.1 Å². The second-order valence-electron chi connectivity index (χ2n) is 3.41. The van der Waals surface area contributed by atoms with Crippen LogP contribution in [-0.4, -0.2) is 25.5 Å². The lowest BCUT2D eigenvalue weighted by atomic mass is 10.2. The molecule has 0 spiro atoms. The molecule has 0 saturated carbocycles. The molecule has 86 valence electrons. The average Bonchev–Trinajstić information content (AvgIpc) is 2.65. The highest BCUT2D eigenvalue weighted by Crippen LogP contribution is 2.30. The van der Waals surface area contributed by atoms with E-state index in [1.54, 1.807) is 0 Å². The highest BCUT2D eigenvalue weighted by molar-refractivity contribution is 5.51. The first-order valence-electron chi connectivity index (χ1n) is 4.72. The van der Waals surface area contributed by atoms with Crippen LogP contribution in [0, 0.1) is 10.7 Å². The summed E-state index contributed by atoms with van der Waals surface area (Å²) in [5.41, 5.74) is -0.0551. The molecule has 2 atom stereocenters. The van der Waals surface area contributed by atoms with Crippen LogP contribution in [0.1, 0.15) is 0 Å². The van der Waals surface area contributed by atoms with Crippen molar-refractivity contribution < 1.29 is 18.3 Å². The Morgan fingerprint density at radius 1 is 1.44 bits per heavy atom. The van der Waals surface area contributed by atoms with Gasteiger partial charge < -0.3 is 9.47 Å². The summed E-state index contributed by atoms with van der Waals surface area (Å²) in [6.07, 6.45) is -2.09. The molecular weight excluding hydrogens is 220 g/mol. The molecule has 4 nitrogen and oxygen atoms in total. The maximum atomic E-state index is 13.2. The molecule has 0 aliphatic carbocycles. The largest absolute Gasteiger partial charge is 0.482 e. The Morgan fingerprint density at radius 3 is 2.88 bits per heavy atom. The number of alkyl halides is 1. The minimum Gasteiger partial charge on any atom is -0.482 e. The van der Waals surface area contributed by atoms with Crippen LogP contribution in [0.25, 0.3) is 0 Å². The summed E-state index contributed by atoms with van der Waals surface area (Å²) in [6, 6.07) is 3.27. The van der Waals surface area contributed by atoms with Gasteiger partial charge >= 0.3 is 0 Å². The van der Waals surface area contributed by atoms with E-state index in [1.165, 1.54) is 6.07 Å². The summed E-state index contributed by atoms with van der Waals surface area (Å²) in [5, 5.41) is 2.67. The molecule has 16 heavy (non-hydrogen) atoms. The highest BCUT2D eigenvalue weighted by Gasteiger charge is 2.30. The third-order valence-corrected chi connectivity index (χ3v) is 2.26. The molecule has 1 fully saturated rings. The number of rotatable bonds is 3. The van der Waals surface area contributed by atoms with Gasteiger partial charge in [0.15, 0.2) is 18.0 Å². The Kier molecular flexibility index (Phi) is 3.09. The van der Waals surface area contributed by atoms with Crippen molar-refractivity contribution in [1.82, 2.24) is 0 Å². The van der Waals surface area contributed by atoms with Crippen molar-refractivity contribution >= 4 is 5.69 Å². The van der Waals surface area contributed by atoms with E-state index in [4.69, 9.17) is 9.47 Å². The fourth-order valence-corrected chi connectivity index (χ4v) is 1.44. The predicted octanol–water partition coefficient (Wildman–Crippen LogP) is 2.34. The van der Waals surface area contributed by atoms with Crippen molar-refractivity contribution in [3.63, 3.8) is 0 Å². The molecule has 0 unspecified atom stereocenters. The fraction of sp³-hybridized carbons (Fsp3) is 0.400. The lowest BCUT2D eigenvalue weighted by Crippen LogP contribution is -2.26. The van der Waals surface area contributed by atoms with Gasteiger partial charge in [0, 0.05) is 6.07 Å². The van der Waals surface area contributed by atoms with Crippen LogP contribution in [0.2, 0.25) is 0 Å². The van der Waals surface area contributed by atoms with E-state index in [9.17, 15) is 13.7 Å². The van der Waals surface area contributed by atoms with Crippen LogP contribution in [0.4, 0.5) is 14.5 Å². The zero-order valence-electron chi connectivity index (χ0n) is 8.23. The van der Waals surface area contributed by atoms with Crippen molar-refractivity contribution in [2.75, 3.05) is 13.2 Å². The van der Waals surface area contributed by atoms with E-state index < -0.39 is 18.1 Å². The fourth-order valence-electron chi connectivity index (χ4n) is 1.44. The van der Waals surface area contributed by atoms with E-state index in [-0.39, 0.29) is 24.7 Å². The van der Waals surface area contributed by atoms with Gasteiger partial charge in [0.05, 0.1) is 13.2 Å². The van der Waals surface area contributed by atoms with Crippen molar-refractivity contribution in [2.45, 2.75) is 12.3 Å². The zero-order valence-corrected chi connectivity index (χ0v) is 8.23. The molecule has 0 amide bonds. The summed E-state index contributed by atoms with van der Waals surface area (Å²) in [5.74, 6) is -0.634. The number of ether oxygens (including phenoxy) is 2. The molecule has 0 N–H and O–H groups in total. The summed E-state index contributed by atoms with van der Waals surface area (Å²) in [7, 11) is 0. The van der Waals surface area contributed by atoms with Crippen LogP contribution in [0.5, 0.6) is 5.75 Å². The number of nitrogens with zero attached hydrogens (tertiary/aromatic N) is 1. The summed E-state index contributed by atoms with van der Waals surface area (Å²) in [6.45, 7) is 0.0276. The summed E-state index contributed by atoms with van der Waals surface area (Å²) >= 11 is 0. The van der Waals surface area contributed by atoms with Gasteiger partial charge in [-0.3, -0.25) is 0 Å². The van der Waals surface area contributed by atoms with Gasteiger partial charge in [-0.25, -0.2) is 8.78 Å². The molecule has 0 aromatic heterocycles. The lowest BCUT2D eigenvalue weighted by molar-refractivity contribution is 0.129. The zero-order chi connectivity index (χ0) is 11.5. The van der Waals surface area contributed by atoms with E-state index in [1.807, 2.05) is 0 Å². The van der Waals surface area contributed by atoms with Gasteiger partial charge in [-0.05, 0) is 17.3 Å². The molecule has 1 aromatic carbocycles. The number of halogens is 2. The Hall–Kier alpha value is -1.56.